The van der Waals surface area contributed by atoms with E-state index < -0.39 is 0 Å². The zero-order chi connectivity index (χ0) is 8.72. The van der Waals surface area contributed by atoms with Crippen molar-refractivity contribution in [2.24, 2.45) is 0 Å². The van der Waals surface area contributed by atoms with Crippen molar-refractivity contribution >= 4 is 43.5 Å². The second-order valence-electron chi connectivity index (χ2n) is 2.41. The third-order valence-electron chi connectivity index (χ3n) is 1.58. The number of rotatable bonds is 0. The van der Waals surface area contributed by atoms with Gasteiger partial charge in [-0.25, -0.2) is 0 Å². The zero-order valence-corrected chi connectivity index (χ0v) is 9.73. The normalized spacial score (nSPS) is 26.6. The van der Waals surface area contributed by atoms with Crippen LogP contribution >= 0.6 is 43.5 Å². The Morgan fingerprint density at radius 1 is 1.50 bits per heavy atom. The highest BCUT2D eigenvalue weighted by atomic mass is 79.9. The molecule has 0 spiro atoms. The Kier molecular flexibility index (Phi) is 2.31. The molecular formula is C7H4Br2ClNO. The van der Waals surface area contributed by atoms with Gasteiger partial charge in [0.05, 0.1) is 5.02 Å². The molecule has 0 fully saturated rings. The van der Waals surface area contributed by atoms with E-state index in [9.17, 15) is 0 Å². The summed E-state index contributed by atoms with van der Waals surface area (Å²) in [5.74, 6) is 0.742. The van der Waals surface area contributed by atoms with Gasteiger partial charge in [0.25, 0.3) is 0 Å². The number of hydrogen-bond acceptors (Lipinski definition) is 2. The van der Waals surface area contributed by atoms with E-state index in [4.69, 9.17) is 16.3 Å². The highest BCUT2D eigenvalue weighted by molar-refractivity contribution is 9.12. The lowest BCUT2D eigenvalue weighted by Crippen LogP contribution is -2.04. The predicted octanol–water partition coefficient (Wildman–Crippen LogP) is 3.28. The largest absolute Gasteiger partial charge is 0.476 e. The van der Waals surface area contributed by atoms with Crippen LogP contribution in [-0.4, -0.2) is 10.00 Å². The third kappa shape index (κ3) is 1.36. The van der Waals surface area contributed by atoms with Gasteiger partial charge >= 0.3 is 0 Å². The fourth-order valence-electron chi connectivity index (χ4n) is 1.04. The molecule has 1 aliphatic rings. The maximum Gasteiger partial charge on any atom is 0.171 e. The second-order valence-corrected chi connectivity index (χ2v) is 4.73. The van der Waals surface area contributed by atoms with Crippen LogP contribution in [0.1, 0.15) is 10.5 Å². The van der Waals surface area contributed by atoms with Crippen LogP contribution in [0.3, 0.4) is 0 Å². The van der Waals surface area contributed by atoms with Gasteiger partial charge < -0.3 is 4.74 Å². The quantitative estimate of drug-likeness (QED) is 0.686. The van der Waals surface area contributed by atoms with Crippen molar-refractivity contribution in [3.05, 3.63) is 23.0 Å². The highest BCUT2D eigenvalue weighted by Crippen LogP contribution is 2.43. The van der Waals surface area contributed by atoms with Crippen LogP contribution in [0.2, 0.25) is 5.02 Å². The number of pyridine rings is 1. The fourth-order valence-corrected chi connectivity index (χ4v) is 2.09. The summed E-state index contributed by atoms with van der Waals surface area (Å²) in [5, 5.41) is 0.536. The van der Waals surface area contributed by atoms with Gasteiger partial charge in [-0.3, -0.25) is 4.98 Å². The second kappa shape index (κ2) is 3.16. The van der Waals surface area contributed by atoms with Crippen LogP contribution in [-0.2, 0) is 0 Å². The Morgan fingerprint density at radius 2 is 2.25 bits per heavy atom. The summed E-state index contributed by atoms with van der Waals surface area (Å²) in [7, 11) is 0. The minimum Gasteiger partial charge on any atom is -0.476 e. The molecule has 2 rings (SSSR count). The molecule has 2 unspecified atom stereocenters. The van der Waals surface area contributed by atoms with E-state index in [1.54, 1.807) is 12.3 Å². The van der Waals surface area contributed by atoms with E-state index >= 15 is 0 Å². The summed E-state index contributed by atoms with van der Waals surface area (Å²) >= 11 is 12.6. The first-order valence-electron chi connectivity index (χ1n) is 3.29. The van der Waals surface area contributed by atoms with Gasteiger partial charge in [-0.05, 0) is 15.9 Å². The monoisotopic (exact) mass is 311 g/mol. The van der Waals surface area contributed by atoms with Crippen LogP contribution < -0.4 is 4.74 Å². The molecule has 1 aromatic heterocycles. The van der Waals surface area contributed by atoms with Crippen LogP contribution in [0.5, 0.6) is 5.75 Å². The minimum absolute atomic E-state index is 0.0570. The van der Waals surface area contributed by atoms with Crippen LogP contribution in [0, 0.1) is 0 Å². The van der Waals surface area contributed by atoms with E-state index in [1.165, 1.54) is 0 Å². The Morgan fingerprint density at radius 3 is 3.00 bits per heavy atom. The van der Waals surface area contributed by atoms with Gasteiger partial charge in [0.15, 0.2) is 5.01 Å². The molecule has 12 heavy (non-hydrogen) atoms. The van der Waals surface area contributed by atoms with E-state index in [-0.39, 0.29) is 9.84 Å². The third-order valence-corrected chi connectivity index (χ3v) is 4.12. The molecule has 1 aliphatic heterocycles. The van der Waals surface area contributed by atoms with Crippen molar-refractivity contribution in [2.45, 2.75) is 9.84 Å². The number of halogens is 3. The molecule has 2 nitrogen and oxygen atoms in total. The maximum absolute atomic E-state index is 5.75. The van der Waals surface area contributed by atoms with Crippen molar-refractivity contribution in [3.8, 4) is 5.75 Å². The Balaban J connectivity index is 2.47. The molecular weight excluding hydrogens is 309 g/mol. The van der Waals surface area contributed by atoms with Crippen molar-refractivity contribution in [1.29, 1.82) is 0 Å². The molecule has 0 bridgehead atoms. The highest BCUT2D eigenvalue weighted by Gasteiger charge is 2.31. The van der Waals surface area contributed by atoms with E-state index in [1.807, 2.05) is 0 Å². The SMILES string of the molecule is Clc1cnc2c(c1)OC(Br)C2Br. The average Bonchev–Trinajstić information content (AvgIpc) is 2.28. The van der Waals surface area contributed by atoms with Gasteiger partial charge in [-0.15, -0.1) is 0 Å². The molecule has 0 saturated heterocycles. The van der Waals surface area contributed by atoms with E-state index in [0.29, 0.717) is 5.02 Å². The van der Waals surface area contributed by atoms with E-state index in [2.05, 4.69) is 36.8 Å². The first-order chi connectivity index (χ1) is 5.68. The van der Waals surface area contributed by atoms with Crippen LogP contribution in [0.15, 0.2) is 12.3 Å². The Hall–Kier alpha value is 0.200. The first-order valence-corrected chi connectivity index (χ1v) is 5.49. The van der Waals surface area contributed by atoms with E-state index in [0.717, 1.165) is 11.4 Å². The summed E-state index contributed by atoms with van der Waals surface area (Å²) < 4.78 is 5.42. The smallest absolute Gasteiger partial charge is 0.171 e. The molecule has 2 heterocycles. The lowest BCUT2D eigenvalue weighted by molar-refractivity contribution is 0.329. The molecule has 0 saturated carbocycles. The molecule has 2 atom stereocenters. The summed E-state index contributed by atoms with van der Waals surface area (Å²) in [6.45, 7) is 0. The minimum atomic E-state index is -0.0570. The summed E-state index contributed by atoms with van der Waals surface area (Å²) in [6, 6.07) is 1.76. The lowest BCUT2D eigenvalue weighted by atomic mass is 10.3. The Labute approximate surface area is 91.5 Å². The molecule has 0 N–H and O–H groups in total. The van der Waals surface area contributed by atoms with Crippen LogP contribution in [0.25, 0.3) is 0 Å². The van der Waals surface area contributed by atoms with Crippen molar-refractivity contribution in [3.63, 3.8) is 0 Å². The summed E-state index contributed by atoms with van der Waals surface area (Å²) in [5.41, 5.74) is 0.890. The Bertz CT molecular complexity index is 320. The number of ether oxygens (including phenoxy) is 1. The van der Waals surface area contributed by atoms with Gasteiger partial charge in [0.2, 0.25) is 0 Å². The average molecular weight is 313 g/mol. The molecule has 64 valence electrons. The summed E-state index contributed by atoms with van der Waals surface area (Å²) in [6.07, 6.45) is 1.61. The summed E-state index contributed by atoms with van der Waals surface area (Å²) in [4.78, 5) is 4.26. The number of alkyl halides is 2. The van der Waals surface area contributed by atoms with Gasteiger partial charge in [0, 0.05) is 12.3 Å². The van der Waals surface area contributed by atoms with Crippen molar-refractivity contribution in [2.75, 3.05) is 0 Å². The van der Waals surface area contributed by atoms with Crippen molar-refractivity contribution in [1.82, 2.24) is 4.98 Å². The molecule has 5 heteroatoms. The molecule has 0 aliphatic carbocycles. The fraction of sp³-hybridized carbons (Fsp3) is 0.286. The predicted molar refractivity (Wildman–Crippen MR) is 54.3 cm³/mol. The molecule has 1 aromatic rings. The standard InChI is InChI=1S/C7H4Br2ClNO/c8-5-6-4(12-7(5)9)1-3(10)2-11-6/h1-2,5,7H. The van der Waals surface area contributed by atoms with Gasteiger partial charge in [-0.2, -0.15) is 0 Å². The lowest BCUT2D eigenvalue weighted by Gasteiger charge is -2.02. The number of hydrogen-bond donors (Lipinski definition) is 0. The zero-order valence-electron chi connectivity index (χ0n) is 5.80. The number of fused-ring (bicyclic) bond motifs is 1. The van der Waals surface area contributed by atoms with Crippen LogP contribution in [0.4, 0.5) is 0 Å². The molecule has 0 radical (unpaired) electrons. The topological polar surface area (TPSA) is 22.1 Å². The van der Waals surface area contributed by atoms with Gasteiger partial charge in [0.1, 0.15) is 16.3 Å². The van der Waals surface area contributed by atoms with Crippen molar-refractivity contribution < 1.29 is 4.74 Å². The number of nitrogens with zero attached hydrogens (tertiary/aromatic N) is 1. The number of aromatic nitrogens is 1. The maximum atomic E-state index is 5.75. The van der Waals surface area contributed by atoms with Gasteiger partial charge in [-0.1, -0.05) is 27.5 Å². The first kappa shape index (κ1) is 8.78. The molecule has 0 amide bonds. The molecule has 0 aromatic carbocycles.